The first kappa shape index (κ1) is 16.9. The van der Waals surface area contributed by atoms with Crippen LogP contribution in [0.25, 0.3) is 0 Å². The Hall–Kier alpha value is -1.19. The topological polar surface area (TPSA) is 102 Å². The Morgan fingerprint density at radius 2 is 2.05 bits per heavy atom. The van der Waals surface area contributed by atoms with Gasteiger partial charge in [-0.05, 0) is 38.4 Å². The number of ether oxygens (including phenoxy) is 1. The minimum absolute atomic E-state index is 0.0990. The SMILES string of the molecule is CCNC(COc1c(Br)cc([N+](=O)[O-])cc1Br)C(=O)O. The van der Waals surface area contributed by atoms with E-state index in [0.29, 0.717) is 21.2 Å². The molecule has 0 saturated heterocycles. The molecule has 0 aromatic heterocycles. The summed E-state index contributed by atoms with van der Waals surface area (Å²) in [5.41, 5.74) is -0.0995. The molecule has 0 fully saturated rings. The maximum absolute atomic E-state index is 11.0. The lowest BCUT2D eigenvalue weighted by Crippen LogP contribution is -2.41. The molecule has 1 rings (SSSR count). The van der Waals surface area contributed by atoms with Crippen LogP contribution in [0.2, 0.25) is 0 Å². The second kappa shape index (κ2) is 7.55. The third kappa shape index (κ3) is 4.43. The molecule has 0 aliphatic heterocycles. The summed E-state index contributed by atoms with van der Waals surface area (Å²) in [4.78, 5) is 21.1. The maximum Gasteiger partial charge on any atom is 0.324 e. The molecule has 0 amide bonds. The quantitative estimate of drug-likeness (QED) is 0.528. The van der Waals surface area contributed by atoms with Crippen LogP contribution < -0.4 is 10.1 Å². The van der Waals surface area contributed by atoms with E-state index in [0.717, 1.165) is 0 Å². The molecule has 0 aliphatic carbocycles. The summed E-state index contributed by atoms with van der Waals surface area (Å²) in [6.07, 6.45) is 0. The lowest BCUT2D eigenvalue weighted by Gasteiger charge is -2.16. The van der Waals surface area contributed by atoms with Gasteiger partial charge in [-0.3, -0.25) is 14.9 Å². The number of halogens is 2. The van der Waals surface area contributed by atoms with Crippen molar-refractivity contribution in [1.29, 1.82) is 0 Å². The second-order valence-corrected chi connectivity index (χ2v) is 5.46. The molecule has 0 spiro atoms. The van der Waals surface area contributed by atoms with Crippen molar-refractivity contribution in [2.75, 3.05) is 13.2 Å². The van der Waals surface area contributed by atoms with Gasteiger partial charge in [-0.1, -0.05) is 6.92 Å². The standard InChI is InChI=1S/C11H12Br2N2O5/c1-2-14-9(11(16)17)5-20-10-7(12)3-6(15(18)19)4-8(10)13/h3-4,9,14H,2,5H2,1H3,(H,16,17). The van der Waals surface area contributed by atoms with Crippen molar-refractivity contribution >= 4 is 43.5 Å². The fourth-order valence-electron chi connectivity index (χ4n) is 1.42. The molecule has 1 aromatic carbocycles. The molecule has 110 valence electrons. The van der Waals surface area contributed by atoms with E-state index in [9.17, 15) is 14.9 Å². The van der Waals surface area contributed by atoms with Crippen LogP contribution in [-0.4, -0.2) is 35.2 Å². The Balaban J connectivity index is 2.87. The van der Waals surface area contributed by atoms with Crippen molar-refractivity contribution < 1.29 is 19.6 Å². The summed E-state index contributed by atoms with van der Waals surface area (Å²) in [5.74, 6) is -0.708. The third-order valence-corrected chi connectivity index (χ3v) is 3.51. The Kier molecular flexibility index (Phi) is 6.37. The van der Waals surface area contributed by atoms with E-state index >= 15 is 0 Å². The summed E-state index contributed by atoms with van der Waals surface area (Å²) in [6.45, 7) is 2.18. The van der Waals surface area contributed by atoms with Gasteiger partial charge in [-0.15, -0.1) is 0 Å². The highest BCUT2D eigenvalue weighted by Gasteiger charge is 2.20. The van der Waals surface area contributed by atoms with Crippen molar-refractivity contribution in [2.45, 2.75) is 13.0 Å². The number of carboxylic acids is 1. The number of hydrogen-bond donors (Lipinski definition) is 2. The number of non-ortho nitro benzene ring substituents is 1. The fourth-order valence-corrected chi connectivity index (χ4v) is 2.81. The van der Waals surface area contributed by atoms with Crippen molar-refractivity contribution in [3.05, 3.63) is 31.2 Å². The van der Waals surface area contributed by atoms with Crippen molar-refractivity contribution in [3.8, 4) is 5.75 Å². The fraction of sp³-hybridized carbons (Fsp3) is 0.364. The highest BCUT2D eigenvalue weighted by Crippen LogP contribution is 2.37. The minimum atomic E-state index is -1.03. The Morgan fingerprint density at radius 1 is 1.50 bits per heavy atom. The van der Waals surface area contributed by atoms with Gasteiger partial charge in [-0.25, -0.2) is 0 Å². The molecular weight excluding hydrogens is 400 g/mol. The van der Waals surface area contributed by atoms with Crippen LogP contribution in [0.4, 0.5) is 5.69 Å². The summed E-state index contributed by atoms with van der Waals surface area (Å²) >= 11 is 6.33. The molecule has 1 aromatic rings. The smallest absolute Gasteiger partial charge is 0.324 e. The van der Waals surface area contributed by atoms with E-state index in [2.05, 4.69) is 37.2 Å². The predicted octanol–water partition coefficient (Wildman–Crippen LogP) is 2.56. The zero-order valence-corrected chi connectivity index (χ0v) is 13.6. The summed E-state index contributed by atoms with van der Waals surface area (Å²) in [5, 5.41) is 22.4. The molecule has 0 bridgehead atoms. The van der Waals surface area contributed by atoms with Crippen molar-refractivity contribution in [2.24, 2.45) is 0 Å². The molecule has 1 unspecified atom stereocenters. The average Bonchev–Trinajstić information content (AvgIpc) is 2.35. The van der Waals surface area contributed by atoms with E-state index in [1.165, 1.54) is 12.1 Å². The number of aliphatic carboxylic acids is 1. The molecule has 7 nitrogen and oxygen atoms in total. The van der Waals surface area contributed by atoms with Gasteiger partial charge in [0.15, 0.2) is 0 Å². The third-order valence-electron chi connectivity index (χ3n) is 2.34. The van der Waals surface area contributed by atoms with Gasteiger partial charge in [0.2, 0.25) is 0 Å². The van der Waals surface area contributed by atoms with Crippen LogP contribution in [-0.2, 0) is 4.79 Å². The van der Waals surface area contributed by atoms with E-state index in [1.54, 1.807) is 6.92 Å². The zero-order chi connectivity index (χ0) is 15.3. The summed E-state index contributed by atoms with van der Waals surface area (Å²) in [7, 11) is 0. The van der Waals surface area contributed by atoms with Crippen LogP contribution in [0.5, 0.6) is 5.75 Å². The predicted molar refractivity (Wildman–Crippen MR) is 79.1 cm³/mol. The summed E-state index contributed by atoms with van der Waals surface area (Å²) < 4.78 is 6.17. The van der Waals surface area contributed by atoms with Crippen LogP contribution >= 0.6 is 31.9 Å². The Morgan fingerprint density at radius 3 is 2.45 bits per heavy atom. The molecule has 9 heteroatoms. The number of likely N-dealkylation sites (N-methyl/N-ethyl adjacent to an activating group) is 1. The lowest BCUT2D eigenvalue weighted by atomic mass is 10.3. The molecule has 20 heavy (non-hydrogen) atoms. The molecule has 1 atom stereocenters. The highest BCUT2D eigenvalue weighted by molar-refractivity contribution is 9.11. The molecule has 2 N–H and O–H groups in total. The first-order chi connectivity index (χ1) is 9.36. The molecule has 0 radical (unpaired) electrons. The van der Waals surface area contributed by atoms with E-state index in [1.807, 2.05) is 0 Å². The number of hydrogen-bond acceptors (Lipinski definition) is 5. The van der Waals surface area contributed by atoms with E-state index in [-0.39, 0.29) is 12.3 Å². The van der Waals surface area contributed by atoms with E-state index < -0.39 is 16.9 Å². The number of nitro groups is 1. The van der Waals surface area contributed by atoms with Gasteiger partial charge in [0, 0.05) is 12.1 Å². The molecule has 0 heterocycles. The van der Waals surface area contributed by atoms with Crippen LogP contribution in [0.3, 0.4) is 0 Å². The molecule has 0 saturated carbocycles. The molecule has 0 aliphatic rings. The van der Waals surface area contributed by atoms with Crippen LogP contribution in [0.15, 0.2) is 21.1 Å². The van der Waals surface area contributed by atoms with Gasteiger partial charge in [0.25, 0.3) is 5.69 Å². The van der Waals surface area contributed by atoms with Crippen LogP contribution in [0, 0.1) is 10.1 Å². The first-order valence-electron chi connectivity index (χ1n) is 5.59. The number of nitro benzene ring substituents is 1. The highest BCUT2D eigenvalue weighted by atomic mass is 79.9. The number of rotatable bonds is 7. The van der Waals surface area contributed by atoms with Crippen molar-refractivity contribution in [3.63, 3.8) is 0 Å². The van der Waals surface area contributed by atoms with Gasteiger partial charge >= 0.3 is 5.97 Å². The Labute approximate surface area is 131 Å². The average molecular weight is 412 g/mol. The number of carboxylic acid groups (broad SMARTS) is 1. The number of nitrogens with one attached hydrogen (secondary N) is 1. The minimum Gasteiger partial charge on any atom is -0.489 e. The molecular formula is C11H12Br2N2O5. The van der Waals surface area contributed by atoms with Crippen molar-refractivity contribution in [1.82, 2.24) is 5.32 Å². The normalized spacial score (nSPS) is 11.9. The largest absolute Gasteiger partial charge is 0.489 e. The number of nitrogens with zero attached hydrogens (tertiary/aromatic N) is 1. The van der Waals surface area contributed by atoms with Gasteiger partial charge in [0.05, 0.1) is 13.9 Å². The van der Waals surface area contributed by atoms with E-state index in [4.69, 9.17) is 9.84 Å². The lowest BCUT2D eigenvalue weighted by molar-refractivity contribution is -0.385. The van der Waals surface area contributed by atoms with Gasteiger partial charge in [0.1, 0.15) is 18.4 Å². The van der Waals surface area contributed by atoms with Crippen LogP contribution in [0.1, 0.15) is 6.92 Å². The second-order valence-electron chi connectivity index (χ2n) is 3.76. The van der Waals surface area contributed by atoms with Gasteiger partial charge < -0.3 is 15.2 Å². The first-order valence-corrected chi connectivity index (χ1v) is 7.17. The number of benzene rings is 1. The van der Waals surface area contributed by atoms with Gasteiger partial charge in [-0.2, -0.15) is 0 Å². The Bertz CT molecular complexity index is 501. The number of carbonyl (C=O) groups is 1. The zero-order valence-electron chi connectivity index (χ0n) is 10.4. The monoisotopic (exact) mass is 410 g/mol. The maximum atomic E-state index is 11.0. The summed E-state index contributed by atoms with van der Waals surface area (Å²) in [6, 6.07) is 1.74.